The molecule has 8 nitrogen and oxygen atoms in total. The molecule has 3 saturated heterocycles. The average molecular weight is 651 g/mol. The lowest BCUT2D eigenvalue weighted by Gasteiger charge is -2.47. The number of carboxylic acid groups (broad SMARTS) is 2. The molecule has 2 aromatic rings. The van der Waals surface area contributed by atoms with Gasteiger partial charge in [-0.05, 0) is 18.1 Å². The van der Waals surface area contributed by atoms with Crippen LogP contribution in [-0.2, 0) is 9.59 Å². The molecule has 38 heavy (non-hydrogen) atoms. The molecule has 210 valence electrons. The number of hydrogen-bond acceptors (Lipinski definition) is 6. The quantitative estimate of drug-likeness (QED) is 0.380. The van der Waals surface area contributed by atoms with Crippen LogP contribution in [0, 0.1) is 11.8 Å². The molecule has 14 heteroatoms. The summed E-state index contributed by atoms with van der Waals surface area (Å²) in [5.74, 6) is -1.32. The fourth-order valence-corrected chi connectivity index (χ4v) is 4.71. The number of halogens is 6. The van der Waals surface area contributed by atoms with Crippen LogP contribution in [0.5, 0.6) is 5.75 Å². The van der Waals surface area contributed by atoms with Crippen LogP contribution < -0.4 is 24.8 Å². The van der Waals surface area contributed by atoms with Crippen LogP contribution in [0.15, 0.2) is 43.1 Å². The molecule has 4 heterocycles. The van der Waals surface area contributed by atoms with E-state index in [2.05, 4.69) is 17.6 Å². The van der Waals surface area contributed by atoms with E-state index in [1.165, 1.54) is 11.3 Å². The van der Waals surface area contributed by atoms with Gasteiger partial charge in [0.1, 0.15) is 17.9 Å². The first-order chi connectivity index (χ1) is 17.6. The third-order valence-electron chi connectivity index (χ3n) is 6.53. The van der Waals surface area contributed by atoms with Crippen LogP contribution in [0.2, 0.25) is 0 Å². The van der Waals surface area contributed by atoms with Crippen molar-refractivity contribution in [3.05, 3.63) is 48.7 Å². The number of piperidine rings is 3. The van der Waals surface area contributed by atoms with E-state index in [0.29, 0.717) is 11.8 Å². The van der Waals surface area contributed by atoms with E-state index < -0.39 is 25.6 Å². The van der Waals surface area contributed by atoms with Gasteiger partial charge in [-0.3, -0.25) is 0 Å². The van der Waals surface area contributed by atoms with Gasteiger partial charge in [-0.2, -0.15) is 0 Å². The van der Waals surface area contributed by atoms with E-state index in [0.717, 1.165) is 41.7 Å². The van der Waals surface area contributed by atoms with Gasteiger partial charge < -0.3 is 34.5 Å². The van der Waals surface area contributed by atoms with Crippen LogP contribution in [-0.4, -0.2) is 50.9 Å². The summed E-state index contributed by atoms with van der Waals surface area (Å²) in [5, 5.41) is 31.3. The summed E-state index contributed by atoms with van der Waals surface area (Å²) in [7, 11) is 1.68. The highest BCUT2D eigenvalue weighted by Crippen LogP contribution is 2.34. The molecular formula is C24H26Cl6N2O6. The Hall–Kier alpha value is -1.23. The van der Waals surface area contributed by atoms with Gasteiger partial charge in [-0.1, -0.05) is 75.7 Å². The van der Waals surface area contributed by atoms with Gasteiger partial charge in [0, 0.05) is 36.5 Å². The Labute approximate surface area is 250 Å². The molecular weight excluding hydrogens is 625 g/mol. The molecule has 0 aliphatic carbocycles. The van der Waals surface area contributed by atoms with Gasteiger partial charge in [0.15, 0.2) is 6.20 Å². The number of carboxylic acids is 2. The van der Waals surface area contributed by atoms with Gasteiger partial charge in [-0.15, -0.1) is 6.58 Å². The van der Waals surface area contributed by atoms with Crippen molar-refractivity contribution in [3.63, 3.8) is 0 Å². The third-order valence-corrected chi connectivity index (χ3v) is 7.45. The van der Waals surface area contributed by atoms with Gasteiger partial charge in [-0.25, -0.2) is 4.98 Å². The largest absolute Gasteiger partial charge is 0.545 e. The van der Waals surface area contributed by atoms with E-state index >= 15 is 0 Å². The number of ether oxygens (including phenoxy) is 1. The van der Waals surface area contributed by atoms with Crippen LogP contribution in [0.4, 0.5) is 0 Å². The number of H-pyrrole nitrogens is 1. The Bertz CT molecular complexity index is 1120. The zero-order valence-corrected chi connectivity index (χ0v) is 24.6. The van der Waals surface area contributed by atoms with Crippen LogP contribution in [0.1, 0.15) is 24.5 Å². The van der Waals surface area contributed by atoms with E-state index in [-0.39, 0.29) is 6.04 Å². The minimum atomic E-state index is -2.28. The first-order valence-corrected chi connectivity index (χ1v) is 13.6. The minimum absolute atomic E-state index is 0.275. The maximum Gasteiger partial charge on any atom is 0.230 e. The number of rotatable bonds is 4. The number of nitrogens with one attached hydrogen (secondary N) is 2. The SMILES string of the molecule is C=C[C@H]1C[NH+]2CC[C@H]1C[C@H]2[C@H](O)c1cc[nH+]c2ccc(OC)cc12.O=C([O-])C(Cl)(Cl)Cl.O=C([O-])C(Cl)(Cl)Cl. The van der Waals surface area contributed by atoms with E-state index in [1.54, 1.807) is 7.11 Å². The van der Waals surface area contributed by atoms with Gasteiger partial charge >= 0.3 is 0 Å². The third kappa shape index (κ3) is 8.89. The van der Waals surface area contributed by atoms with E-state index in [9.17, 15) is 24.9 Å². The predicted octanol–water partition coefficient (Wildman–Crippen LogP) is 1.39. The molecule has 3 aliphatic heterocycles. The molecule has 1 aromatic carbocycles. The van der Waals surface area contributed by atoms with Gasteiger partial charge in [0.25, 0.3) is 0 Å². The van der Waals surface area contributed by atoms with Crippen molar-refractivity contribution in [1.82, 2.24) is 0 Å². The van der Waals surface area contributed by atoms with E-state index in [1.807, 2.05) is 30.5 Å². The number of aromatic nitrogens is 1. The second kappa shape index (κ2) is 13.9. The highest BCUT2D eigenvalue weighted by Gasteiger charge is 2.46. The number of carbonyl (C=O) groups is 2. The summed E-state index contributed by atoms with van der Waals surface area (Å²) in [6, 6.07) is 8.26. The normalized spacial score (nSPS) is 23.3. The Kier molecular flexibility index (Phi) is 12.1. The summed E-state index contributed by atoms with van der Waals surface area (Å²) in [6.07, 6.45) is 5.93. The number of pyridine rings is 1. The van der Waals surface area contributed by atoms with E-state index in [4.69, 9.17) is 74.3 Å². The summed E-state index contributed by atoms with van der Waals surface area (Å²) in [4.78, 5) is 23.8. The maximum atomic E-state index is 11.2. The molecule has 2 bridgehead atoms. The Morgan fingerprint density at radius 3 is 2.18 bits per heavy atom. The number of carbonyl (C=O) groups excluding carboxylic acids is 2. The second-order valence-corrected chi connectivity index (χ2v) is 13.3. The molecule has 5 atom stereocenters. The van der Waals surface area contributed by atoms with Crippen LogP contribution >= 0.6 is 69.6 Å². The average Bonchev–Trinajstić information content (AvgIpc) is 2.87. The molecule has 0 saturated carbocycles. The molecule has 1 aromatic heterocycles. The molecule has 1 unspecified atom stereocenters. The number of aliphatic hydroxyl groups excluding tert-OH is 1. The number of aromatic amines is 1. The Morgan fingerprint density at radius 2 is 1.74 bits per heavy atom. The van der Waals surface area contributed by atoms with Crippen molar-refractivity contribution in [2.24, 2.45) is 11.8 Å². The number of fused-ring (bicyclic) bond motifs is 4. The van der Waals surface area contributed by atoms with Crippen molar-refractivity contribution in [2.45, 2.75) is 32.6 Å². The molecule has 3 N–H and O–H groups in total. The number of hydrogen-bond donors (Lipinski definition) is 2. The molecule has 5 rings (SSSR count). The Balaban J connectivity index is 0.000000301. The molecule has 3 aliphatic rings. The minimum Gasteiger partial charge on any atom is -0.545 e. The molecule has 0 radical (unpaired) electrons. The van der Waals surface area contributed by atoms with Crippen LogP contribution in [0.3, 0.4) is 0 Å². The molecule has 0 spiro atoms. The van der Waals surface area contributed by atoms with Crippen molar-refractivity contribution in [1.29, 1.82) is 0 Å². The zero-order chi connectivity index (χ0) is 28.8. The zero-order valence-electron chi connectivity index (χ0n) is 20.1. The monoisotopic (exact) mass is 648 g/mol. The first kappa shape index (κ1) is 33.0. The summed E-state index contributed by atoms with van der Waals surface area (Å²) in [6.45, 7) is 6.27. The Morgan fingerprint density at radius 1 is 1.16 bits per heavy atom. The lowest BCUT2D eigenvalue weighted by atomic mass is 9.73. The lowest BCUT2D eigenvalue weighted by Crippen LogP contribution is -3.20. The number of aliphatic hydroxyl groups is 1. The summed E-state index contributed by atoms with van der Waals surface area (Å²) in [5.41, 5.74) is 2.03. The number of benzene rings is 1. The molecule has 0 amide bonds. The molecule has 3 fully saturated rings. The predicted molar refractivity (Wildman–Crippen MR) is 144 cm³/mol. The van der Waals surface area contributed by atoms with Crippen molar-refractivity contribution < 1.29 is 39.5 Å². The maximum absolute atomic E-state index is 11.2. The van der Waals surface area contributed by atoms with Gasteiger partial charge in [0.2, 0.25) is 13.1 Å². The standard InChI is InChI=1S/C20H24N2O2.2C2HCl3O2/c1-3-13-12-22-9-7-14(13)10-19(22)20(23)16-6-8-21-18-5-4-15(24-2)11-17(16)18;2*3-2(4,5)1(6)7/h3-6,8,11,13-14,19-20,23H,1,7,9-10,12H2,2H3;2*(H,6,7)/t13-,14-,19-,20+;;/m0../s1. The number of aliphatic carboxylic acids is 2. The fraction of sp³-hybridized carbons (Fsp3) is 0.458. The number of alkyl halides is 6. The number of quaternary nitrogens is 1. The summed E-state index contributed by atoms with van der Waals surface area (Å²) < 4.78 is 0.813. The van der Waals surface area contributed by atoms with Crippen molar-refractivity contribution in [2.75, 3.05) is 20.2 Å². The highest BCUT2D eigenvalue weighted by molar-refractivity contribution is 6.75. The smallest absolute Gasteiger partial charge is 0.230 e. The topological polar surface area (TPSA) is 128 Å². The van der Waals surface area contributed by atoms with Crippen LogP contribution in [0.25, 0.3) is 10.9 Å². The fourth-order valence-electron chi connectivity index (χ4n) is 4.71. The van der Waals surface area contributed by atoms with Crippen molar-refractivity contribution in [3.8, 4) is 5.75 Å². The second-order valence-electron chi connectivity index (χ2n) is 8.76. The highest BCUT2D eigenvalue weighted by atomic mass is 35.6. The first-order valence-electron chi connectivity index (χ1n) is 11.3. The van der Waals surface area contributed by atoms with Gasteiger partial charge in [0.05, 0.1) is 37.5 Å². The summed E-state index contributed by atoms with van der Waals surface area (Å²) >= 11 is 28.4. The van der Waals surface area contributed by atoms with Crippen molar-refractivity contribution >= 4 is 92.4 Å². The number of methoxy groups -OCH3 is 1. The lowest BCUT2D eigenvalue weighted by molar-refractivity contribution is -0.949.